The predicted molar refractivity (Wildman–Crippen MR) is 95.7 cm³/mol. The van der Waals surface area contributed by atoms with Gasteiger partial charge in [0.2, 0.25) is 0 Å². The highest BCUT2D eigenvalue weighted by Gasteiger charge is 2.24. The topological polar surface area (TPSA) is 63.5 Å². The van der Waals surface area contributed by atoms with E-state index in [0.717, 1.165) is 19.3 Å². The molecule has 24 heavy (non-hydrogen) atoms. The number of carbonyl (C=O) groups is 1. The molecule has 0 saturated heterocycles. The molecule has 3 aromatic heterocycles. The number of nitrogens with zero attached hydrogens (tertiary/aromatic N) is 2. The van der Waals surface area contributed by atoms with Crippen molar-refractivity contribution in [2.75, 3.05) is 0 Å². The van der Waals surface area contributed by atoms with Crippen LogP contribution < -0.4 is 10.9 Å². The van der Waals surface area contributed by atoms with Crippen LogP contribution in [0, 0.1) is 5.92 Å². The Morgan fingerprint density at radius 3 is 3.00 bits per heavy atom. The summed E-state index contributed by atoms with van der Waals surface area (Å²) in [4.78, 5) is 30.8. The van der Waals surface area contributed by atoms with Crippen molar-refractivity contribution >= 4 is 33.1 Å². The van der Waals surface area contributed by atoms with Crippen molar-refractivity contribution in [3.63, 3.8) is 0 Å². The summed E-state index contributed by atoms with van der Waals surface area (Å²) in [7, 11) is 0. The Kier molecular flexibility index (Phi) is 3.84. The number of pyridine rings is 1. The molecule has 1 aliphatic carbocycles. The zero-order valence-electron chi connectivity index (χ0n) is 13.5. The maximum Gasteiger partial charge on any atom is 0.266 e. The van der Waals surface area contributed by atoms with E-state index in [0.29, 0.717) is 26.7 Å². The van der Waals surface area contributed by atoms with Gasteiger partial charge in [-0.25, -0.2) is 4.98 Å². The third-order valence-corrected chi connectivity index (χ3v) is 5.90. The van der Waals surface area contributed by atoms with Gasteiger partial charge in [0, 0.05) is 12.2 Å². The van der Waals surface area contributed by atoms with Gasteiger partial charge in [0.05, 0.1) is 10.3 Å². The lowest BCUT2D eigenvalue weighted by Crippen LogP contribution is -2.40. The molecule has 6 heteroatoms. The van der Waals surface area contributed by atoms with Crippen LogP contribution in [0.25, 0.3) is 15.9 Å². The van der Waals surface area contributed by atoms with Gasteiger partial charge in [-0.15, -0.1) is 11.3 Å². The van der Waals surface area contributed by atoms with Gasteiger partial charge in [0.25, 0.3) is 11.5 Å². The van der Waals surface area contributed by atoms with Crippen LogP contribution in [-0.4, -0.2) is 21.3 Å². The standard InChI is InChI=1S/C18H19N3O2S/c1-11-6-2-3-7-13(11)19-16(22)14-10-12-17(24-14)20-15-8-4-5-9-21(15)18(12)23/h4-5,8-11,13H,2-3,6-7H2,1H3,(H,19,22). The summed E-state index contributed by atoms with van der Waals surface area (Å²) in [5.41, 5.74) is 0.474. The van der Waals surface area contributed by atoms with Crippen molar-refractivity contribution in [1.82, 2.24) is 14.7 Å². The van der Waals surface area contributed by atoms with Crippen LogP contribution in [0.4, 0.5) is 0 Å². The molecule has 0 bridgehead atoms. The minimum absolute atomic E-state index is 0.0924. The highest BCUT2D eigenvalue weighted by molar-refractivity contribution is 7.20. The molecule has 0 aliphatic heterocycles. The van der Waals surface area contributed by atoms with Gasteiger partial charge in [-0.1, -0.05) is 25.8 Å². The van der Waals surface area contributed by atoms with E-state index >= 15 is 0 Å². The van der Waals surface area contributed by atoms with Gasteiger partial charge in [0.15, 0.2) is 0 Å². The number of aromatic nitrogens is 2. The Hall–Kier alpha value is -2.21. The summed E-state index contributed by atoms with van der Waals surface area (Å²) in [6.07, 6.45) is 6.29. The lowest BCUT2D eigenvalue weighted by Gasteiger charge is -2.29. The molecule has 124 valence electrons. The lowest BCUT2D eigenvalue weighted by atomic mass is 9.86. The number of amides is 1. The predicted octanol–water partition coefficient (Wildman–Crippen LogP) is 3.22. The molecule has 1 saturated carbocycles. The number of hydrogen-bond donors (Lipinski definition) is 1. The monoisotopic (exact) mass is 341 g/mol. The molecule has 1 N–H and O–H groups in total. The van der Waals surface area contributed by atoms with Gasteiger partial charge >= 0.3 is 0 Å². The number of carbonyl (C=O) groups excluding carboxylic acids is 1. The van der Waals surface area contributed by atoms with E-state index in [1.807, 2.05) is 6.07 Å². The van der Waals surface area contributed by atoms with Crippen LogP contribution in [0.15, 0.2) is 35.3 Å². The molecule has 0 spiro atoms. The van der Waals surface area contributed by atoms with Gasteiger partial charge < -0.3 is 5.32 Å². The largest absolute Gasteiger partial charge is 0.348 e. The third kappa shape index (κ3) is 2.60. The summed E-state index contributed by atoms with van der Waals surface area (Å²) in [6.45, 7) is 2.19. The van der Waals surface area contributed by atoms with E-state index in [1.165, 1.54) is 22.2 Å². The first-order valence-corrected chi connectivity index (χ1v) is 9.17. The molecule has 0 radical (unpaired) electrons. The molecule has 4 rings (SSSR count). The number of fused-ring (bicyclic) bond motifs is 2. The highest BCUT2D eigenvalue weighted by atomic mass is 32.1. The Morgan fingerprint density at radius 1 is 1.33 bits per heavy atom. The van der Waals surface area contributed by atoms with E-state index < -0.39 is 0 Å². The SMILES string of the molecule is CC1CCCCC1NC(=O)c1cc2c(=O)n3ccccc3nc2s1. The van der Waals surface area contributed by atoms with Crippen molar-refractivity contribution in [2.45, 2.75) is 38.6 Å². The van der Waals surface area contributed by atoms with Gasteiger partial charge in [0.1, 0.15) is 10.5 Å². The minimum atomic E-state index is -0.128. The smallest absolute Gasteiger partial charge is 0.266 e. The first-order chi connectivity index (χ1) is 11.6. The first kappa shape index (κ1) is 15.3. The molecule has 1 aliphatic rings. The number of nitrogens with one attached hydrogen (secondary N) is 1. The van der Waals surface area contributed by atoms with E-state index in [9.17, 15) is 9.59 Å². The average Bonchev–Trinajstić information content (AvgIpc) is 3.02. The number of hydrogen-bond acceptors (Lipinski definition) is 4. The summed E-state index contributed by atoms with van der Waals surface area (Å²) >= 11 is 1.29. The van der Waals surface area contributed by atoms with Crippen LogP contribution >= 0.6 is 11.3 Å². The fraction of sp³-hybridized carbons (Fsp3) is 0.389. The molecular weight excluding hydrogens is 322 g/mol. The molecule has 5 nitrogen and oxygen atoms in total. The van der Waals surface area contributed by atoms with Crippen LogP contribution in [0.5, 0.6) is 0 Å². The second-order valence-corrected chi connectivity index (χ2v) is 7.55. The van der Waals surface area contributed by atoms with Crippen molar-refractivity contribution in [3.05, 3.63) is 45.7 Å². The molecule has 2 atom stereocenters. The Bertz CT molecular complexity index is 975. The Balaban J connectivity index is 1.69. The van der Waals surface area contributed by atoms with Gasteiger partial charge in [-0.05, 0) is 37.0 Å². The van der Waals surface area contributed by atoms with Crippen LogP contribution in [-0.2, 0) is 0 Å². The molecule has 1 fully saturated rings. The number of thiophene rings is 1. The maximum atomic E-state index is 12.6. The molecule has 2 unspecified atom stereocenters. The quantitative estimate of drug-likeness (QED) is 0.778. The van der Waals surface area contributed by atoms with Crippen LogP contribution in [0.3, 0.4) is 0 Å². The van der Waals surface area contributed by atoms with Crippen molar-refractivity contribution in [2.24, 2.45) is 5.92 Å². The van der Waals surface area contributed by atoms with Crippen LogP contribution in [0.1, 0.15) is 42.3 Å². The molecular formula is C18H19N3O2S. The fourth-order valence-electron chi connectivity index (χ4n) is 3.43. The second kappa shape index (κ2) is 6.02. The van der Waals surface area contributed by atoms with Crippen molar-refractivity contribution < 1.29 is 4.79 Å². The average molecular weight is 341 g/mol. The summed E-state index contributed by atoms with van der Waals surface area (Å²) in [5, 5.41) is 3.65. The zero-order valence-corrected chi connectivity index (χ0v) is 14.3. The van der Waals surface area contributed by atoms with Gasteiger partial charge in [-0.3, -0.25) is 14.0 Å². The number of rotatable bonds is 2. The summed E-state index contributed by atoms with van der Waals surface area (Å²) in [5.74, 6) is 0.411. The fourth-order valence-corrected chi connectivity index (χ4v) is 4.36. The third-order valence-electron chi connectivity index (χ3n) is 4.87. The van der Waals surface area contributed by atoms with Crippen molar-refractivity contribution in [3.8, 4) is 0 Å². The van der Waals surface area contributed by atoms with Crippen LogP contribution in [0.2, 0.25) is 0 Å². The van der Waals surface area contributed by atoms with E-state index in [1.54, 1.807) is 24.4 Å². The summed E-state index contributed by atoms with van der Waals surface area (Å²) < 4.78 is 1.51. The Labute approximate surface area is 143 Å². The van der Waals surface area contributed by atoms with E-state index in [-0.39, 0.29) is 17.5 Å². The minimum Gasteiger partial charge on any atom is -0.348 e. The zero-order chi connectivity index (χ0) is 16.7. The highest BCUT2D eigenvalue weighted by Crippen LogP contribution is 2.26. The maximum absolute atomic E-state index is 12.6. The second-order valence-electron chi connectivity index (χ2n) is 6.52. The van der Waals surface area contributed by atoms with Gasteiger partial charge in [-0.2, -0.15) is 0 Å². The molecule has 1 amide bonds. The normalized spacial score (nSPS) is 21.2. The van der Waals surface area contributed by atoms with E-state index in [4.69, 9.17) is 0 Å². The van der Waals surface area contributed by atoms with Crippen molar-refractivity contribution in [1.29, 1.82) is 0 Å². The first-order valence-electron chi connectivity index (χ1n) is 8.35. The lowest BCUT2D eigenvalue weighted by molar-refractivity contribution is 0.0914. The summed E-state index contributed by atoms with van der Waals surface area (Å²) in [6, 6.07) is 7.34. The molecule has 3 aromatic rings. The molecule has 3 heterocycles. The Morgan fingerprint density at radius 2 is 2.17 bits per heavy atom. The van der Waals surface area contributed by atoms with E-state index in [2.05, 4.69) is 17.2 Å². The molecule has 0 aromatic carbocycles.